The molecule has 0 aromatic heterocycles. The minimum absolute atomic E-state index is 0.192. The Balaban J connectivity index is 2.50. The van der Waals surface area contributed by atoms with Crippen molar-refractivity contribution in [2.45, 2.75) is 97.2 Å². The van der Waals surface area contributed by atoms with Crippen molar-refractivity contribution in [1.82, 2.24) is 5.32 Å². The molecule has 0 unspecified atom stereocenters. The molecule has 2 saturated carbocycles. The molecule has 2 fully saturated rings. The third-order valence-corrected chi connectivity index (χ3v) is 5.66. The summed E-state index contributed by atoms with van der Waals surface area (Å²) in [5, 5.41) is 2.61. The molecule has 33 heavy (non-hydrogen) atoms. The van der Waals surface area contributed by atoms with Gasteiger partial charge in [-0.1, -0.05) is 0 Å². The summed E-state index contributed by atoms with van der Waals surface area (Å²) in [6.07, 6.45) is -1.21. The van der Waals surface area contributed by atoms with Gasteiger partial charge in [-0.25, -0.2) is 9.59 Å². The quantitative estimate of drug-likeness (QED) is 0.350. The molecule has 1 N–H and O–H groups in total. The molecule has 1 amide bonds. The summed E-state index contributed by atoms with van der Waals surface area (Å²) < 4.78 is 45.5. The monoisotopic (exact) mass is 491 g/mol. The maximum absolute atomic E-state index is 13.4. The van der Waals surface area contributed by atoms with Crippen LogP contribution in [0.5, 0.6) is 0 Å². The van der Waals surface area contributed by atoms with E-state index in [9.17, 15) is 22.8 Å². The second kappa shape index (κ2) is 8.41. The van der Waals surface area contributed by atoms with Gasteiger partial charge in [-0.05, 0) is 62.3 Å². The summed E-state index contributed by atoms with van der Waals surface area (Å²) in [5.41, 5.74) is -4.28. The van der Waals surface area contributed by atoms with Crippen molar-refractivity contribution in [2.24, 2.45) is 17.8 Å². The molecule has 0 aromatic carbocycles. The van der Waals surface area contributed by atoms with E-state index in [1.54, 1.807) is 62.3 Å². The zero-order valence-electron chi connectivity index (χ0n) is 21.1. The molecule has 0 spiro atoms. The van der Waals surface area contributed by atoms with Gasteiger partial charge in [0.15, 0.2) is 0 Å². The average molecular weight is 492 g/mol. The van der Waals surface area contributed by atoms with Crippen LogP contribution in [0, 0.1) is 17.8 Å². The number of amides is 1. The van der Waals surface area contributed by atoms with Crippen molar-refractivity contribution in [2.75, 3.05) is 6.26 Å². The van der Waals surface area contributed by atoms with Gasteiger partial charge in [0.25, 0.3) is 10.1 Å². The van der Waals surface area contributed by atoms with Crippen LogP contribution in [0.3, 0.4) is 0 Å². The fourth-order valence-corrected chi connectivity index (χ4v) is 4.92. The minimum atomic E-state index is -3.91. The van der Waals surface area contributed by atoms with Crippen molar-refractivity contribution in [3.8, 4) is 0 Å². The Labute approximate surface area is 196 Å². The number of nitrogens with one attached hydrogen (secondary N) is 1. The standard InChI is InChI=1S/C22H37NO9S/c1-19(2,3)29-16(24)14-13-12(32-33(10,27)28)11-22(15(13)14,17(25)30-20(4,5)6)23-18(26)31-21(7,8)9/h12-15H,11H2,1-10H3,(H,23,26)/t12-,13-,14-,15-,22-/m0/s1. The van der Waals surface area contributed by atoms with E-state index in [1.807, 2.05) is 0 Å². The smallest absolute Gasteiger partial charge is 0.408 e. The molecular weight excluding hydrogens is 454 g/mol. The van der Waals surface area contributed by atoms with E-state index >= 15 is 0 Å². The van der Waals surface area contributed by atoms with Crippen molar-refractivity contribution in [1.29, 1.82) is 0 Å². The van der Waals surface area contributed by atoms with Crippen LogP contribution in [0.1, 0.15) is 68.7 Å². The highest BCUT2D eigenvalue weighted by molar-refractivity contribution is 7.86. The van der Waals surface area contributed by atoms with Gasteiger partial charge in [0, 0.05) is 18.3 Å². The molecule has 0 aromatic rings. The fourth-order valence-electron chi connectivity index (χ4n) is 4.28. The van der Waals surface area contributed by atoms with E-state index < -0.39 is 74.3 Å². The molecule has 0 bridgehead atoms. The summed E-state index contributed by atoms with van der Waals surface area (Å²) in [4.78, 5) is 39.1. The average Bonchev–Trinajstić information content (AvgIpc) is 3.16. The molecule has 2 aliphatic carbocycles. The molecule has 0 saturated heterocycles. The Morgan fingerprint density at radius 3 is 1.76 bits per heavy atom. The lowest BCUT2D eigenvalue weighted by atomic mass is 9.89. The van der Waals surface area contributed by atoms with Crippen LogP contribution < -0.4 is 5.32 Å². The fraction of sp³-hybridized carbons (Fsp3) is 0.864. The van der Waals surface area contributed by atoms with E-state index in [0.29, 0.717) is 0 Å². The predicted molar refractivity (Wildman–Crippen MR) is 119 cm³/mol. The highest BCUT2D eigenvalue weighted by Gasteiger charge is 2.77. The van der Waals surface area contributed by atoms with E-state index in [2.05, 4.69) is 5.32 Å². The molecular formula is C22H37NO9S. The van der Waals surface area contributed by atoms with Crippen molar-refractivity contribution < 1.29 is 41.2 Å². The zero-order valence-corrected chi connectivity index (χ0v) is 21.9. The van der Waals surface area contributed by atoms with E-state index in [0.717, 1.165) is 6.26 Å². The van der Waals surface area contributed by atoms with Gasteiger partial charge in [-0.15, -0.1) is 0 Å². The molecule has 5 atom stereocenters. The Morgan fingerprint density at radius 1 is 0.848 bits per heavy atom. The third-order valence-electron chi connectivity index (χ3n) is 5.06. The van der Waals surface area contributed by atoms with Crippen molar-refractivity contribution in [3.05, 3.63) is 0 Å². The Morgan fingerprint density at radius 2 is 1.33 bits per heavy atom. The Kier molecular flexibility index (Phi) is 6.97. The molecule has 0 aliphatic heterocycles. The Hall–Kier alpha value is -1.88. The van der Waals surface area contributed by atoms with Gasteiger partial charge >= 0.3 is 18.0 Å². The van der Waals surface area contributed by atoms with E-state index in [1.165, 1.54) is 0 Å². The number of ether oxygens (including phenoxy) is 3. The van der Waals surface area contributed by atoms with E-state index in [4.69, 9.17) is 18.4 Å². The number of fused-ring (bicyclic) bond motifs is 1. The number of alkyl carbamates (subject to hydrolysis) is 1. The maximum Gasteiger partial charge on any atom is 0.408 e. The number of carbonyl (C=O) groups excluding carboxylic acids is 3. The third kappa shape index (κ3) is 7.05. The highest BCUT2D eigenvalue weighted by atomic mass is 32.2. The summed E-state index contributed by atoms with van der Waals surface area (Å²) in [5.74, 6) is -3.68. The van der Waals surface area contributed by atoms with Crippen LogP contribution in [0.2, 0.25) is 0 Å². The molecule has 10 nitrogen and oxygen atoms in total. The van der Waals surface area contributed by atoms with Gasteiger partial charge in [0.1, 0.15) is 22.3 Å². The number of carbonyl (C=O) groups is 3. The zero-order chi connectivity index (χ0) is 25.8. The Bertz CT molecular complexity index is 908. The van der Waals surface area contributed by atoms with Crippen LogP contribution in [0.4, 0.5) is 4.79 Å². The van der Waals surface area contributed by atoms with Gasteiger partial charge in [0.2, 0.25) is 0 Å². The van der Waals surface area contributed by atoms with E-state index in [-0.39, 0.29) is 6.42 Å². The predicted octanol–water partition coefficient (Wildman–Crippen LogP) is 2.54. The molecule has 0 heterocycles. The van der Waals surface area contributed by atoms with Gasteiger partial charge < -0.3 is 19.5 Å². The van der Waals surface area contributed by atoms with Crippen molar-refractivity contribution >= 4 is 28.1 Å². The molecule has 11 heteroatoms. The van der Waals surface area contributed by atoms with Crippen molar-refractivity contribution in [3.63, 3.8) is 0 Å². The summed E-state index contributed by atoms with van der Waals surface area (Å²) >= 11 is 0. The highest BCUT2D eigenvalue weighted by Crippen LogP contribution is 2.64. The largest absolute Gasteiger partial charge is 0.460 e. The first-order valence-electron chi connectivity index (χ1n) is 10.9. The van der Waals surface area contributed by atoms with Gasteiger partial charge in [-0.2, -0.15) is 8.42 Å². The van der Waals surface area contributed by atoms with Crippen LogP contribution >= 0.6 is 0 Å². The number of hydrogen-bond donors (Lipinski definition) is 1. The summed E-state index contributed by atoms with van der Waals surface area (Å²) in [6.45, 7) is 15.1. The van der Waals surface area contributed by atoms with Crippen LogP contribution in [-0.2, 0) is 38.1 Å². The molecule has 0 radical (unpaired) electrons. The molecule has 2 rings (SSSR count). The first-order chi connectivity index (χ1) is 14.5. The maximum atomic E-state index is 13.4. The normalized spacial score (nSPS) is 29.6. The lowest BCUT2D eigenvalue weighted by molar-refractivity contribution is -0.166. The van der Waals surface area contributed by atoms with Crippen LogP contribution in [0.25, 0.3) is 0 Å². The van der Waals surface area contributed by atoms with Gasteiger partial charge in [-0.3, -0.25) is 8.98 Å². The second-order valence-corrected chi connectivity index (χ2v) is 13.4. The SMILES string of the molecule is CC(C)(C)OC(=O)N[C@@]1(C(=O)OC(C)(C)C)C[C@H](OS(C)(=O)=O)[C@H]2[C@H](C(=O)OC(C)(C)C)[C@H]21. The number of rotatable bonds is 5. The summed E-state index contributed by atoms with van der Waals surface area (Å²) in [6, 6.07) is 0. The van der Waals surface area contributed by atoms with Crippen LogP contribution in [-0.4, -0.2) is 61.2 Å². The second-order valence-electron chi connectivity index (χ2n) is 11.8. The lowest BCUT2D eigenvalue weighted by Gasteiger charge is -2.35. The topological polar surface area (TPSA) is 134 Å². The lowest BCUT2D eigenvalue weighted by Crippen LogP contribution is -2.59. The van der Waals surface area contributed by atoms with Gasteiger partial charge in [0.05, 0.1) is 18.3 Å². The molecule has 190 valence electrons. The van der Waals surface area contributed by atoms with Crippen LogP contribution in [0.15, 0.2) is 0 Å². The summed E-state index contributed by atoms with van der Waals surface area (Å²) in [7, 11) is -3.91. The molecule has 2 aliphatic rings. The minimum Gasteiger partial charge on any atom is -0.460 e. The first kappa shape index (κ1) is 27.4. The number of esters is 2. The first-order valence-corrected chi connectivity index (χ1v) is 12.7. The number of hydrogen-bond acceptors (Lipinski definition) is 9.